The summed E-state index contributed by atoms with van der Waals surface area (Å²) in [6.07, 6.45) is -0.456. The second-order valence-corrected chi connectivity index (χ2v) is 4.43. The Balaban J connectivity index is 2.18. The van der Waals surface area contributed by atoms with Crippen molar-refractivity contribution in [3.8, 4) is 12.3 Å². The third-order valence-corrected chi connectivity index (χ3v) is 3.22. The molecule has 4 N–H and O–H groups in total. The number of rotatable bonds is 2. The number of aliphatic hydroxyl groups excluding tert-OH is 2. The molecule has 2 aromatic heterocycles. The van der Waals surface area contributed by atoms with Gasteiger partial charge in [0.15, 0.2) is 22.6 Å². The molecule has 21 heavy (non-hydrogen) atoms. The Morgan fingerprint density at radius 1 is 1.71 bits per heavy atom. The van der Waals surface area contributed by atoms with Gasteiger partial charge in [0.05, 0.1) is 12.9 Å². The Morgan fingerprint density at radius 3 is 3.10 bits per heavy atom. The fraction of sp³-hybridized carbons (Fsp3) is 0.417. The van der Waals surface area contributed by atoms with Crippen LogP contribution in [0.1, 0.15) is 15.3 Å². The predicted molar refractivity (Wildman–Crippen MR) is 69.1 cm³/mol. The molecule has 1 aliphatic rings. The van der Waals surface area contributed by atoms with Crippen molar-refractivity contribution < 1.29 is 22.1 Å². The molecule has 3 heterocycles. The smallest absolute Gasteiger partial charge is 0.312 e. The van der Waals surface area contributed by atoms with Crippen LogP contribution in [0.4, 0.5) is 10.2 Å². The lowest BCUT2D eigenvalue weighted by Crippen LogP contribution is -2.41. The monoisotopic (exact) mass is 295 g/mol. The maximum absolute atomic E-state index is 13.4. The van der Waals surface area contributed by atoms with Crippen molar-refractivity contribution in [2.75, 3.05) is 12.3 Å². The molecule has 9 heteroatoms. The minimum absolute atomic E-state index is 0.0440. The molecular formula is C12H12FN5O3. The van der Waals surface area contributed by atoms with Crippen molar-refractivity contribution in [2.45, 2.75) is 24.3 Å². The lowest BCUT2D eigenvalue weighted by Gasteiger charge is -2.23. The van der Waals surface area contributed by atoms with E-state index in [0.717, 1.165) is 10.9 Å². The highest BCUT2D eigenvalue weighted by Crippen LogP contribution is 2.37. The van der Waals surface area contributed by atoms with Crippen molar-refractivity contribution in [2.24, 2.45) is 0 Å². The molecule has 2 aromatic rings. The van der Waals surface area contributed by atoms with E-state index in [2.05, 4.69) is 20.9 Å². The molecule has 3 rings (SSSR count). The van der Waals surface area contributed by atoms with Crippen molar-refractivity contribution in [3.05, 3.63) is 12.4 Å². The number of nitrogens with zero attached hydrogens (tertiary/aromatic N) is 4. The fourth-order valence-corrected chi connectivity index (χ4v) is 2.07. The Kier molecular flexibility index (Phi) is 2.51. The number of nitrogens with two attached hydrogens (primary N) is 1. The van der Waals surface area contributed by atoms with Crippen LogP contribution in [0.3, 0.4) is 0 Å². The molecule has 0 spiro atoms. The normalized spacial score (nSPS) is 32.7. The van der Waals surface area contributed by atoms with Gasteiger partial charge in [-0.3, -0.25) is 4.57 Å². The minimum Gasteiger partial charge on any atom is -0.392 e. The van der Waals surface area contributed by atoms with Gasteiger partial charge in [-0.05, 0) is 0 Å². The molecule has 0 radical (unpaired) electrons. The summed E-state index contributed by atoms with van der Waals surface area (Å²) < 4.78 is 35.9. The molecule has 0 bridgehead atoms. The molecule has 0 saturated carbocycles. The predicted octanol–water partition coefficient (Wildman–Crippen LogP) is -0.808. The van der Waals surface area contributed by atoms with Gasteiger partial charge in [-0.2, -0.15) is 14.4 Å². The van der Waals surface area contributed by atoms with E-state index in [-0.39, 0.29) is 17.0 Å². The van der Waals surface area contributed by atoms with Crippen LogP contribution in [-0.4, -0.2) is 48.0 Å². The Bertz CT molecular complexity index is 823. The molecule has 1 aliphatic heterocycles. The van der Waals surface area contributed by atoms with Gasteiger partial charge in [-0.15, -0.1) is 6.42 Å². The van der Waals surface area contributed by atoms with Gasteiger partial charge in [0.1, 0.15) is 12.3 Å². The number of terminal acetylenes is 1. The van der Waals surface area contributed by atoms with Crippen LogP contribution in [0.15, 0.2) is 6.33 Å². The van der Waals surface area contributed by atoms with E-state index < -0.39 is 37.0 Å². The molecule has 110 valence electrons. The summed E-state index contributed by atoms with van der Waals surface area (Å²) in [6.45, 7) is -0.807. The standard InChI is InChI=1S/C12H12FN5O3/c1-2-12(4-19)6(20)3-7(21-12)18-5-15-8-9(14)16-11(13)17-10(8)18/h1,5-7,19-20H,3-4H2,(H2,14,16,17)/t6-,7+,12+/m0/s1/i3D2. The second-order valence-electron chi connectivity index (χ2n) is 4.43. The van der Waals surface area contributed by atoms with Crippen LogP contribution in [0.2, 0.25) is 0 Å². The molecule has 8 nitrogen and oxygen atoms in total. The first-order valence-corrected chi connectivity index (χ1v) is 5.87. The van der Waals surface area contributed by atoms with E-state index in [1.165, 1.54) is 0 Å². The fourth-order valence-electron chi connectivity index (χ4n) is 2.07. The molecular weight excluding hydrogens is 281 g/mol. The average Bonchev–Trinajstić information content (AvgIpc) is 2.99. The molecule has 0 aromatic carbocycles. The number of imidazole rings is 1. The van der Waals surface area contributed by atoms with E-state index in [9.17, 15) is 14.6 Å². The first-order chi connectivity index (χ1) is 10.8. The Hall–Kier alpha value is -2.28. The second kappa shape index (κ2) is 4.63. The van der Waals surface area contributed by atoms with Gasteiger partial charge in [-0.25, -0.2) is 4.98 Å². The van der Waals surface area contributed by atoms with Gasteiger partial charge in [0.25, 0.3) is 0 Å². The van der Waals surface area contributed by atoms with E-state index in [1.54, 1.807) is 0 Å². The van der Waals surface area contributed by atoms with Crippen LogP contribution in [-0.2, 0) is 4.74 Å². The summed E-state index contributed by atoms with van der Waals surface area (Å²) in [5, 5.41) is 19.6. The molecule has 1 saturated heterocycles. The average molecular weight is 295 g/mol. The Labute approximate surface area is 121 Å². The lowest BCUT2D eigenvalue weighted by atomic mass is 9.99. The highest BCUT2D eigenvalue weighted by Gasteiger charge is 2.47. The molecule has 0 aliphatic carbocycles. The summed E-state index contributed by atoms with van der Waals surface area (Å²) in [7, 11) is 0. The topological polar surface area (TPSA) is 119 Å². The number of fused-ring (bicyclic) bond motifs is 1. The van der Waals surface area contributed by atoms with E-state index >= 15 is 0 Å². The Morgan fingerprint density at radius 2 is 2.48 bits per heavy atom. The quantitative estimate of drug-likeness (QED) is 0.489. The first-order valence-electron chi connectivity index (χ1n) is 6.87. The molecule has 1 fully saturated rings. The van der Waals surface area contributed by atoms with Gasteiger partial charge in [-0.1, -0.05) is 5.92 Å². The third kappa shape index (κ3) is 1.92. The number of aliphatic hydroxyl groups is 2. The summed E-state index contributed by atoms with van der Waals surface area (Å²) in [4.78, 5) is 10.8. The van der Waals surface area contributed by atoms with Crippen LogP contribution >= 0.6 is 0 Å². The summed E-state index contributed by atoms with van der Waals surface area (Å²) in [5.41, 5.74) is 3.52. The van der Waals surface area contributed by atoms with E-state index in [0.29, 0.717) is 0 Å². The first kappa shape index (κ1) is 11.4. The van der Waals surface area contributed by atoms with Crippen molar-refractivity contribution in [3.63, 3.8) is 0 Å². The van der Waals surface area contributed by atoms with Gasteiger partial charge in [0, 0.05) is 9.11 Å². The zero-order chi connectivity index (χ0) is 17.0. The number of hydrogen-bond acceptors (Lipinski definition) is 7. The summed E-state index contributed by atoms with van der Waals surface area (Å²) in [6, 6.07) is 0. The van der Waals surface area contributed by atoms with Gasteiger partial charge in [0.2, 0.25) is 0 Å². The zero-order valence-corrected chi connectivity index (χ0v) is 10.6. The zero-order valence-electron chi connectivity index (χ0n) is 12.6. The largest absolute Gasteiger partial charge is 0.392 e. The molecule has 0 amide bonds. The van der Waals surface area contributed by atoms with Crippen molar-refractivity contribution >= 4 is 17.0 Å². The number of aromatic nitrogens is 4. The number of anilines is 1. The highest BCUT2D eigenvalue weighted by atomic mass is 19.1. The van der Waals surface area contributed by atoms with E-state index in [1.807, 2.05) is 0 Å². The SMILES string of the molecule is [2H]C1([2H])[C@H](n2cnc3c(N)nc(F)nc32)O[C@](C#C)(CO)[C@H]1O. The van der Waals surface area contributed by atoms with E-state index in [4.69, 9.17) is 19.6 Å². The third-order valence-electron chi connectivity index (χ3n) is 3.22. The van der Waals surface area contributed by atoms with Gasteiger partial charge >= 0.3 is 6.08 Å². The number of hydrogen-bond donors (Lipinski definition) is 3. The number of ether oxygens (including phenoxy) is 1. The summed E-state index contributed by atoms with van der Waals surface area (Å²) >= 11 is 0. The maximum Gasteiger partial charge on any atom is 0.312 e. The van der Waals surface area contributed by atoms with Crippen molar-refractivity contribution in [1.29, 1.82) is 0 Å². The lowest BCUT2D eigenvalue weighted by molar-refractivity contribution is -0.0891. The highest BCUT2D eigenvalue weighted by molar-refractivity contribution is 5.81. The van der Waals surface area contributed by atoms with Crippen LogP contribution in [0, 0.1) is 18.4 Å². The van der Waals surface area contributed by atoms with Gasteiger partial charge < -0.3 is 20.7 Å². The minimum atomic E-state index is -2.40. The molecule has 0 unspecified atom stereocenters. The number of nitrogen functional groups attached to an aromatic ring is 1. The summed E-state index contributed by atoms with van der Waals surface area (Å²) in [5.74, 6) is 1.84. The maximum atomic E-state index is 13.4. The number of halogens is 1. The van der Waals surface area contributed by atoms with Crippen LogP contribution < -0.4 is 5.73 Å². The van der Waals surface area contributed by atoms with Crippen LogP contribution in [0.5, 0.6) is 0 Å². The molecule has 3 atom stereocenters. The van der Waals surface area contributed by atoms with Crippen LogP contribution in [0.25, 0.3) is 11.2 Å². The van der Waals surface area contributed by atoms with Crippen molar-refractivity contribution in [1.82, 2.24) is 19.5 Å².